The molecule has 0 spiro atoms. The van der Waals surface area contributed by atoms with Gasteiger partial charge in [-0.3, -0.25) is 9.48 Å². The lowest BCUT2D eigenvalue weighted by Gasteiger charge is -2.21. The van der Waals surface area contributed by atoms with E-state index in [4.69, 9.17) is 5.11 Å². The topological polar surface area (TPSA) is 95.7 Å². The molecule has 1 aromatic heterocycles. The normalized spacial score (nSPS) is 22.2. The van der Waals surface area contributed by atoms with Crippen molar-refractivity contribution in [3.05, 3.63) is 17.5 Å². The number of aliphatic hydroxyl groups excluding tert-OH is 1. The van der Waals surface area contributed by atoms with Crippen molar-refractivity contribution in [1.82, 2.24) is 14.7 Å². The summed E-state index contributed by atoms with van der Waals surface area (Å²) in [6.45, 7) is 4.29. The van der Waals surface area contributed by atoms with Gasteiger partial charge in [0.25, 0.3) is 0 Å². The summed E-state index contributed by atoms with van der Waals surface area (Å²) in [6, 6.07) is 1.00. The van der Waals surface area contributed by atoms with Gasteiger partial charge in [0.2, 0.25) is 5.91 Å². The molecule has 2 N–H and O–H groups in total. The lowest BCUT2D eigenvalue weighted by Crippen LogP contribution is -2.40. The number of aryl methyl sites for hydroxylation is 3. The van der Waals surface area contributed by atoms with Crippen molar-refractivity contribution in [3.8, 4) is 0 Å². The molecule has 0 aliphatic carbocycles. The van der Waals surface area contributed by atoms with Crippen LogP contribution in [0.1, 0.15) is 24.2 Å². The molecule has 0 aromatic carbocycles. The molecule has 0 saturated carbocycles. The standard InChI is InChI=1S/C13H19N3O4/c1-8-5-9(2)16(14-8)4-3-12(18)15-7-10(17)6-11(15)13(19)20/h5,10-11,17H,3-4,6-7H2,1-2H3,(H,19,20)/t10?,11-/m0/s1. The summed E-state index contributed by atoms with van der Waals surface area (Å²) in [4.78, 5) is 24.4. The Bertz CT molecular complexity index is 526. The van der Waals surface area contributed by atoms with Gasteiger partial charge < -0.3 is 15.1 Å². The zero-order valence-corrected chi connectivity index (χ0v) is 11.6. The van der Waals surface area contributed by atoms with Crippen molar-refractivity contribution < 1.29 is 19.8 Å². The smallest absolute Gasteiger partial charge is 0.326 e. The van der Waals surface area contributed by atoms with Crippen LogP contribution < -0.4 is 0 Å². The number of carbonyl (C=O) groups excluding carboxylic acids is 1. The molecule has 0 radical (unpaired) electrons. The number of hydrogen-bond acceptors (Lipinski definition) is 4. The third-order valence-electron chi connectivity index (χ3n) is 3.53. The molecular weight excluding hydrogens is 262 g/mol. The number of carboxylic acid groups (broad SMARTS) is 1. The number of likely N-dealkylation sites (tertiary alicyclic amines) is 1. The minimum absolute atomic E-state index is 0.0902. The number of β-amino-alcohol motifs (C(OH)–C–C–N with tert-alkyl or cyclic N) is 1. The average Bonchev–Trinajstić information content (AvgIpc) is 2.89. The van der Waals surface area contributed by atoms with Crippen LogP contribution in [-0.4, -0.2) is 55.5 Å². The number of aromatic nitrogens is 2. The highest BCUT2D eigenvalue weighted by molar-refractivity contribution is 5.84. The highest BCUT2D eigenvalue weighted by Crippen LogP contribution is 2.19. The van der Waals surface area contributed by atoms with Crippen LogP contribution >= 0.6 is 0 Å². The van der Waals surface area contributed by atoms with Gasteiger partial charge in [-0.05, 0) is 19.9 Å². The van der Waals surface area contributed by atoms with E-state index < -0.39 is 18.1 Å². The van der Waals surface area contributed by atoms with E-state index in [1.54, 1.807) is 4.68 Å². The van der Waals surface area contributed by atoms with Gasteiger partial charge in [0, 0.05) is 31.6 Å². The highest BCUT2D eigenvalue weighted by atomic mass is 16.4. The molecule has 1 amide bonds. The number of carbonyl (C=O) groups is 2. The van der Waals surface area contributed by atoms with Gasteiger partial charge in [0.1, 0.15) is 6.04 Å². The van der Waals surface area contributed by atoms with Crippen LogP contribution in [-0.2, 0) is 16.1 Å². The molecule has 7 nitrogen and oxygen atoms in total. The van der Waals surface area contributed by atoms with E-state index in [0.717, 1.165) is 11.4 Å². The summed E-state index contributed by atoms with van der Waals surface area (Å²) < 4.78 is 1.73. The predicted octanol–water partition coefficient (Wildman–Crippen LogP) is -0.0636. The van der Waals surface area contributed by atoms with Crippen molar-refractivity contribution in [2.45, 2.75) is 45.4 Å². The number of hydrogen-bond donors (Lipinski definition) is 2. The Labute approximate surface area is 116 Å². The van der Waals surface area contributed by atoms with E-state index in [0.29, 0.717) is 6.54 Å². The first-order valence-electron chi connectivity index (χ1n) is 6.60. The summed E-state index contributed by atoms with van der Waals surface area (Å²) in [5.41, 5.74) is 1.85. The van der Waals surface area contributed by atoms with Gasteiger partial charge in [-0.2, -0.15) is 5.10 Å². The summed E-state index contributed by atoms with van der Waals surface area (Å²) in [6.07, 6.45) is -0.479. The van der Waals surface area contributed by atoms with Gasteiger partial charge in [-0.15, -0.1) is 0 Å². The Hall–Kier alpha value is -1.89. The summed E-state index contributed by atoms with van der Waals surface area (Å²) >= 11 is 0. The molecule has 1 aliphatic heterocycles. The monoisotopic (exact) mass is 281 g/mol. The molecule has 7 heteroatoms. The maximum absolute atomic E-state index is 12.1. The molecule has 2 atom stereocenters. The lowest BCUT2D eigenvalue weighted by molar-refractivity contribution is -0.148. The van der Waals surface area contributed by atoms with E-state index in [2.05, 4.69) is 5.10 Å². The second-order valence-electron chi connectivity index (χ2n) is 5.19. The van der Waals surface area contributed by atoms with E-state index in [1.165, 1.54) is 4.90 Å². The molecule has 1 saturated heterocycles. The summed E-state index contributed by atoms with van der Waals surface area (Å²) in [5.74, 6) is -1.33. The number of nitrogens with zero attached hydrogens (tertiary/aromatic N) is 3. The number of aliphatic carboxylic acids is 1. The van der Waals surface area contributed by atoms with Gasteiger partial charge in [0.15, 0.2) is 0 Å². The second-order valence-corrected chi connectivity index (χ2v) is 5.19. The quantitative estimate of drug-likeness (QED) is 0.806. The van der Waals surface area contributed by atoms with Crippen LogP contribution in [0, 0.1) is 13.8 Å². The Morgan fingerprint density at radius 1 is 1.45 bits per heavy atom. The van der Waals surface area contributed by atoms with Gasteiger partial charge >= 0.3 is 5.97 Å². The van der Waals surface area contributed by atoms with Crippen LogP contribution in [0.15, 0.2) is 6.07 Å². The first kappa shape index (κ1) is 14.5. The number of aliphatic hydroxyl groups is 1. The first-order chi connectivity index (χ1) is 9.38. The summed E-state index contributed by atoms with van der Waals surface area (Å²) in [5, 5.41) is 22.8. The average molecular weight is 281 g/mol. The molecule has 1 aliphatic rings. The molecular formula is C13H19N3O4. The molecule has 1 unspecified atom stereocenters. The molecule has 1 fully saturated rings. The number of amides is 1. The maximum atomic E-state index is 12.1. The minimum atomic E-state index is -1.07. The largest absolute Gasteiger partial charge is 0.480 e. The fourth-order valence-electron chi connectivity index (χ4n) is 2.57. The molecule has 0 bridgehead atoms. The Morgan fingerprint density at radius 3 is 2.70 bits per heavy atom. The van der Waals surface area contributed by atoms with Gasteiger partial charge in [-0.25, -0.2) is 4.79 Å². The molecule has 20 heavy (non-hydrogen) atoms. The number of rotatable bonds is 4. The Kier molecular flexibility index (Phi) is 4.08. The van der Waals surface area contributed by atoms with E-state index in [9.17, 15) is 14.7 Å². The first-order valence-corrected chi connectivity index (χ1v) is 6.60. The van der Waals surface area contributed by atoms with Crippen molar-refractivity contribution >= 4 is 11.9 Å². The Balaban J connectivity index is 1.97. The SMILES string of the molecule is Cc1cc(C)n(CCC(=O)N2CC(O)C[C@H]2C(=O)O)n1. The zero-order valence-electron chi connectivity index (χ0n) is 11.6. The van der Waals surface area contributed by atoms with Crippen molar-refractivity contribution in [1.29, 1.82) is 0 Å². The molecule has 2 rings (SSSR count). The van der Waals surface area contributed by atoms with Crippen LogP contribution in [0.4, 0.5) is 0 Å². The maximum Gasteiger partial charge on any atom is 0.326 e. The van der Waals surface area contributed by atoms with Crippen molar-refractivity contribution in [2.24, 2.45) is 0 Å². The second kappa shape index (κ2) is 5.62. The number of carboxylic acids is 1. The van der Waals surface area contributed by atoms with Crippen molar-refractivity contribution in [2.75, 3.05) is 6.54 Å². The molecule has 110 valence electrons. The van der Waals surface area contributed by atoms with Crippen molar-refractivity contribution in [3.63, 3.8) is 0 Å². The third-order valence-corrected chi connectivity index (χ3v) is 3.53. The minimum Gasteiger partial charge on any atom is -0.480 e. The fraction of sp³-hybridized carbons (Fsp3) is 0.615. The van der Waals surface area contributed by atoms with Gasteiger partial charge in [-0.1, -0.05) is 0 Å². The van der Waals surface area contributed by atoms with Crippen LogP contribution in [0.5, 0.6) is 0 Å². The fourth-order valence-corrected chi connectivity index (χ4v) is 2.57. The third kappa shape index (κ3) is 2.98. The highest BCUT2D eigenvalue weighted by Gasteiger charge is 2.38. The van der Waals surface area contributed by atoms with E-state index >= 15 is 0 Å². The predicted molar refractivity (Wildman–Crippen MR) is 70.1 cm³/mol. The Morgan fingerprint density at radius 2 is 2.15 bits per heavy atom. The van der Waals surface area contributed by atoms with Crippen LogP contribution in [0.2, 0.25) is 0 Å². The molecule has 1 aromatic rings. The van der Waals surface area contributed by atoms with E-state index in [1.807, 2.05) is 19.9 Å². The zero-order chi connectivity index (χ0) is 14.9. The van der Waals surface area contributed by atoms with Gasteiger partial charge in [0.05, 0.1) is 11.8 Å². The van der Waals surface area contributed by atoms with E-state index in [-0.39, 0.29) is 25.3 Å². The molecule has 2 heterocycles. The lowest BCUT2D eigenvalue weighted by atomic mass is 10.2. The van der Waals surface area contributed by atoms with Crippen LogP contribution in [0.25, 0.3) is 0 Å². The van der Waals surface area contributed by atoms with Crippen LogP contribution in [0.3, 0.4) is 0 Å². The summed E-state index contributed by atoms with van der Waals surface area (Å²) in [7, 11) is 0.